The average molecular weight is 249 g/mol. The maximum Gasteiger partial charge on any atom is 0.279 e. The molecule has 1 fully saturated rings. The zero-order valence-electron chi connectivity index (χ0n) is 9.69. The molecule has 1 aliphatic rings. The quantitative estimate of drug-likeness (QED) is 0.708. The van der Waals surface area contributed by atoms with Gasteiger partial charge < -0.3 is 5.73 Å². The van der Waals surface area contributed by atoms with Crippen molar-refractivity contribution in [1.29, 1.82) is 0 Å². The minimum atomic E-state index is -3.62. The fourth-order valence-electron chi connectivity index (χ4n) is 1.89. The number of hydrogen-bond donors (Lipinski definition) is 2. The first-order chi connectivity index (χ1) is 7.30. The van der Waals surface area contributed by atoms with Gasteiger partial charge in [-0.2, -0.15) is 17.4 Å². The maximum absolute atomic E-state index is 11.7. The fraction of sp³-hybridized carbons (Fsp3) is 0.889. The number of primary amides is 1. The second-order valence-corrected chi connectivity index (χ2v) is 6.28. The van der Waals surface area contributed by atoms with Crippen LogP contribution < -0.4 is 10.5 Å². The molecule has 0 radical (unpaired) electrons. The summed E-state index contributed by atoms with van der Waals surface area (Å²) in [5.41, 5.74) is 4.23. The minimum Gasteiger partial charge on any atom is -0.368 e. The normalized spacial score (nSPS) is 20.9. The van der Waals surface area contributed by atoms with Gasteiger partial charge in [0, 0.05) is 14.1 Å². The Bertz CT molecular complexity index is 358. The zero-order valence-corrected chi connectivity index (χ0v) is 10.5. The highest BCUT2D eigenvalue weighted by molar-refractivity contribution is 7.87. The largest absolute Gasteiger partial charge is 0.368 e. The Morgan fingerprint density at radius 2 is 1.75 bits per heavy atom. The number of rotatable bonds is 4. The molecule has 0 bridgehead atoms. The molecule has 94 valence electrons. The highest BCUT2D eigenvalue weighted by atomic mass is 32.2. The molecule has 0 aromatic rings. The summed E-state index contributed by atoms with van der Waals surface area (Å²) >= 11 is 0. The summed E-state index contributed by atoms with van der Waals surface area (Å²) in [5, 5.41) is 0. The Kier molecular flexibility index (Phi) is 3.92. The van der Waals surface area contributed by atoms with E-state index in [1.807, 2.05) is 0 Å². The van der Waals surface area contributed by atoms with Crippen molar-refractivity contribution in [1.82, 2.24) is 9.03 Å². The first kappa shape index (κ1) is 13.4. The van der Waals surface area contributed by atoms with E-state index in [1.165, 1.54) is 14.1 Å². The number of hydrogen-bond acceptors (Lipinski definition) is 3. The summed E-state index contributed by atoms with van der Waals surface area (Å²) in [7, 11) is -0.786. The van der Waals surface area contributed by atoms with Gasteiger partial charge in [0.2, 0.25) is 5.91 Å². The van der Waals surface area contributed by atoms with Crippen molar-refractivity contribution < 1.29 is 13.2 Å². The van der Waals surface area contributed by atoms with Gasteiger partial charge in [0.25, 0.3) is 10.2 Å². The van der Waals surface area contributed by atoms with E-state index >= 15 is 0 Å². The molecule has 1 aliphatic carbocycles. The Morgan fingerprint density at radius 1 is 1.25 bits per heavy atom. The summed E-state index contributed by atoms with van der Waals surface area (Å²) in [6.45, 7) is 0. The van der Waals surface area contributed by atoms with E-state index in [0.717, 1.165) is 23.6 Å². The molecule has 1 amide bonds. The van der Waals surface area contributed by atoms with Crippen molar-refractivity contribution in [3.8, 4) is 0 Å². The molecule has 3 N–H and O–H groups in total. The molecular weight excluding hydrogens is 230 g/mol. The van der Waals surface area contributed by atoms with Gasteiger partial charge in [0.15, 0.2) is 0 Å². The number of carbonyl (C=O) groups excluding carboxylic acids is 1. The van der Waals surface area contributed by atoms with Gasteiger partial charge in [0.05, 0.1) is 0 Å². The Balaban J connectivity index is 2.92. The van der Waals surface area contributed by atoms with Gasteiger partial charge in [0.1, 0.15) is 5.54 Å². The Hall–Kier alpha value is -0.660. The van der Waals surface area contributed by atoms with Crippen molar-refractivity contribution in [2.45, 2.75) is 37.6 Å². The van der Waals surface area contributed by atoms with Crippen molar-refractivity contribution in [3.63, 3.8) is 0 Å². The zero-order chi connectivity index (χ0) is 12.4. The second-order valence-electron chi connectivity index (χ2n) is 4.40. The minimum absolute atomic E-state index is 0.482. The van der Waals surface area contributed by atoms with Gasteiger partial charge in [-0.3, -0.25) is 4.79 Å². The molecule has 1 rings (SSSR count). The third-order valence-electron chi connectivity index (χ3n) is 2.98. The summed E-state index contributed by atoms with van der Waals surface area (Å²) in [6.07, 6.45) is 3.61. The van der Waals surface area contributed by atoms with Gasteiger partial charge >= 0.3 is 0 Å². The van der Waals surface area contributed by atoms with Crippen molar-refractivity contribution in [2.75, 3.05) is 14.1 Å². The summed E-state index contributed by atoms with van der Waals surface area (Å²) in [4.78, 5) is 11.5. The third kappa shape index (κ3) is 2.72. The van der Waals surface area contributed by atoms with E-state index in [1.54, 1.807) is 0 Å². The summed E-state index contributed by atoms with van der Waals surface area (Å²) in [6, 6.07) is 0. The van der Waals surface area contributed by atoms with Crippen LogP contribution in [0.5, 0.6) is 0 Å². The highest BCUT2D eigenvalue weighted by Crippen LogP contribution is 2.28. The van der Waals surface area contributed by atoms with Crippen molar-refractivity contribution in [2.24, 2.45) is 5.73 Å². The molecular formula is C9H19N3O3S. The third-order valence-corrected chi connectivity index (χ3v) is 4.59. The molecule has 0 aliphatic heterocycles. The highest BCUT2D eigenvalue weighted by Gasteiger charge is 2.41. The monoisotopic (exact) mass is 249 g/mol. The van der Waals surface area contributed by atoms with Crippen LogP contribution in [0.4, 0.5) is 0 Å². The van der Waals surface area contributed by atoms with Crippen LogP contribution in [0.2, 0.25) is 0 Å². The lowest BCUT2D eigenvalue weighted by molar-refractivity contribution is -0.124. The van der Waals surface area contributed by atoms with Crippen LogP contribution in [-0.2, 0) is 15.0 Å². The smallest absolute Gasteiger partial charge is 0.279 e. The van der Waals surface area contributed by atoms with Crippen LogP contribution >= 0.6 is 0 Å². The predicted octanol–water partition coefficient (Wildman–Crippen LogP) is -0.429. The van der Waals surface area contributed by atoms with Gasteiger partial charge in [-0.25, -0.2) is 0 Å². The van der Waals surface area contributed by atoms with Crippen LogP contribution in [-0.4, -0.2) is 38.3 Å². The lowest BCUT2D eigenvalue weighted by Crippen LogP contribution is -2.60. The van der Waals surface area contributed by atoms with Crippen molar-refractivity contribution in [3.05, 3.63) is 0 Å². The van der Waals surface area contributed by atoms with Crippen LogP contribution in [0.3, 0.4) is 0 Å². The lowest BCUT2D eigenvalue weighted by Gasteiger charge is -2.35. The fourth-order valence-corrected chi connectivity index (χ4v) is 2.87. The lowest BCUT2D eigenvalue weighted by atomic mass is 9.82. The first-order valence-corrected chi connectivity index (χ1v) is 6.75. The van der Waals surface area contributed by atoms with E-state index < -0.39 is 21.7 Å². The first-order valence-electron chi connectivity index (χ1n) is 5.31. The molecule has 0 saturated heterocycles. The molecule has 1 saturated carbocycles. The van der Waals surface area contributed by atoms with Crippen LogP contribution in [0.25, 0.3) is 0 Å². The maximum atomic E-state index is 11.7. The number of carbonyl (C=O) groups is 1. The molecule has 0 atom stereocenters. The molecule has 0 heterocycles. The molecule has 0 aromatic heterocycles. The molecule has 0 unspecified atom stereocenters. The SMILES string of the molecule is CN(C)S(=O)(=O)NC1(C(N)=O)CCCCC1. The molecule has 16 heavy (non-hydrogen) atoms. The van der Waals surface area contributed by atoms with Gasteiger partial charge in [-0.05, 0) is 12.8 Å². The average Bonchev–Trinajstić information content (AvgIpc) is 2.18. The molecule has 0 aromatic carbocycles. The second kappa shape index (κ2) is 4.68. The molecule has 6 nitrogen and oxygen atoms in total. The molecule has 0 spiro atoms. The van der Waals surface area contributed by atoms with Gasteiger partial charge in [-0.15, -0.1) is 0 Å². The summed E-state index contributed by atoms with van der Waals surface area (Å²) < 4.78 is 26.9. The van der Waals surface area contributed by atoms with Crippen LogP contribution in [0.1, 0.15) is 32.1 Å². The van der Waals surface area contributed by atoms with Crippen LogP contribution in [0.15, 0.2) is 0 Å². The topological polar surface area (TPSA) is 92.5 Å². The van der Waals surface area contributed by atoms with Gasteiger partial charge in [-0.1, -0.05) is 19.3 Å². The predicted molar refractivity (Wildman–Crippen MR) is 60.8 cm³/mol. The number of nitrogens with one attached hydrogen (secondary N) is 1. The Morgan fingerprint density at radius 3 is 2.12 bits per heavy atom. The standard InChI is InChI=1S/C9H19N3O3S/c1-12(2)16(14,15)11-9(8(10)13)6-4-3-5-7-9/h11H,3-7H2,1-2H3,(H2,10,13). The number of nitrogens with zero attached hydrogens (tertiary/aromatic N) is 1. The van der Waals surface area contributed by atoms with E-state index in [4.69, 9.17) is 5.73 Å². The van der Waals surface area contributed by atoms with Crippen LogP contribution in [0, 0.1) is 0 Å². The summed E-state index contributed by atoms with van der Waals surface area (Å²) in [5.74, 6) is -0.586. The molecule has 7 heteroatoms. The Labute approximate surface area is 96.4 Å². The van der Waals surface area contributed by atoms with E-state index in [2.05, 4.69) is 4.72 Å². The van der Waals surface area contributed by atoms with E-state index in [9.17, 15) is 13.2 Å². The van der Waals surface area contributed by atoms with Crippen molar-refractivity contribution >= 4 is 16.1 Å². The van der Waals surface area contributed by atoms with E-state index in [0.29, 0.717) is 12.8 Å². The van der Waals surface area contributed by atoms with E-state index in [-0.39, 0.29) is 0 Å². The number of nitrogens with two attached hydrogens (primary N) is 1. The number of amides is 1.